The van der Waals surface area contributed by atoms with Gasteiger partial charge in [-0.05, 0) is 64.9 Å². The number of fused-ring (bicyclic) bond motifs is 1. The van der Waals surface area contributed by atoms with Crippen LogP contribution in [-0.4, -0.2) is 57.2 Å². The number of nitrogens with zero attached hydrogens (tertiary/aromatic N) is 1. The van der Waals surface area contributed by atoms with Crippen molar-refractivity contribution in [3.05, 3.63) is 54.1 Å². The molecule has 1 aliphatic carbocycles. The first-order valence-corrected chi connectivity index (χ1v) is 13.4. The number of carbonyl (C=O) groups excluding carboxylic acids is 2. The SMILES string of the molecule is COc1cc(-c2ccc3cc(CC(=O)N4CCC(C(=O)NC5CCCC5)C4)ccc3c2)cc(OC)c1OC. The molecule has 1 N–H and O–H groups in total. The minimum absolute atomic E-state index is 0.0783. The van der Waals surface area contributed by atoms with Crippen LogP contribution in [0.15, 0.2) is 48.5 Å². The number of benzene rings is 3. The molecule has 0 radical (unpaired) electrons. The fourth-order valence-electron chi connectivity index (χ4n) is 5.71. The van der Waals surface area contributed by atoms with Crippen LogP contribution in [0.5, 0.6) is 17.2 Å². The van der Waals surface area contributed by atoms with Crippen molar-refractivity contribution in [3.8, 4) is 28.4 Å². The number of hydrogen-bond donors (Lipinski definition) is 1. The molecule has 0 spiro atoms. The van der Waals surface area contributed by atoms with E-state index in [1.54, 1.807) is 21.3 Å². The maximum atomic E-state index is 13.0. The van der Waals surface area contributed by atoms with Crippen molar-refractivity contribution >= 4 is 22.6 Å². The Morgan fingerprint density at radius 1 is 0.842 bits per heavy atom. The first-order valence-electron chi connectivity index (χ1n) is 13.4. The molecular weight excluding hydrogens is 480 g/mol. The van der Waals surface area contributed by atoms with E-state index in [1.165, 1.54) is 12.8 Å². The number of hydrogen-bond acceptors (Lipinski definition) is 5. The minimum Gasteiger partial charge on any atom is -0.493 e. The summed E-state index contributed by atoms with van der Waals surface area (Å²) in [5, 5.41) is 5.34. The van der Waals surface area contributed by atoms with Crippen molar-refractivity contribution in [2.75, 3.05) is 34.4 Å². The molecule has 1 unspecified atom stereocenters. The lowest BCUT2D eigenvalue weighted by Gasteiger charge is -2.18. The van der Waals surface area contributed by atoms with Gasteiger partial charge in [0.15, 0.2) is 11.5 Å². The summed E-state index contributed by atoms with van der Waals surface area (Å²) < 4.78 is 16.5. The molecule has 0 aromatic heterocycles. The second-order valence-electron chi connectivity index (χ2n) is 10.3. The smallest absolute Gasteiger partial charge is 0.227 e. The Hall–Kier alpha value is -3.74. The van der Waals surface area contributed by atoms with Crippen molar-refractivity contribution < 1.29 is 23.8 Å². The predicted octanol–water partition coefficient (Wildman–Crippen LogP) is 4.98. The molecular formula is C31H36N2O5. The van der Waals surface area contributed by atoms with Crippen molar-refractivity contribution in [3.63, 3.8) is 0 Å². The number of carbonyl (C=O) groups is 2. The second-order valence-corrected chi connectivity index (χ2v) is 10.3. The fourth-order valence-corrected chi connectivity index (χ4v) is 5.71. The van der Waals surface area contributed by atoms with Crippen LogP contribution >= 0.6 is 0 Å². The zero-order chi connectivity index (χ0) is 26.6. The summed E-state index contributed by atoms with van der Waals surface area (Å²) in [6.45, 7) is 1.16. The average molecular weight is 517 g/mol. The van der Waals surface area contributed by atoms with E-state index in [1.807, 2.05) is 23.1 Å². The molecule has 7 heteroatoms. The third-order valence-electron chi connectivity index (χ3n) is 7.87. The highest BCUT2D eigenvalue weighted by molar-refractivity contribution is 5.90. The topological polar surface area (TPSA) is 77.1 Å². The molecule has 3 aromatic rings. The maximum Gasteiger partial charge on any atom is 0.227 e. The Bertz CT molecular complexity index is 1310. The molecule has 1 saturated heterocycles. The summed E-state index contributed by atoms with van der Waals surface area (Å²) in [4.78, 5) is 27.5. The molecule has 1 saturated carbocycles. The maximum absolute atomic E-state index is 13.0. The lowest BCUT2D eigenvalue weighted by molar-refractivity contribution is -0.130. The van der Waals surface area contributed by atoms with E-state index in [0.29, 0.717) is 42.8 Å². The van der Waals surface area contributed by atoms with Gasteiger partial charge < -0.3 is 24.4 Å². The molecule has 7 nitrogen and oxygen atoms in total. The van der Waals surface area contributed by atoms with Gasteiger partial charge in [-0.15, -0.1) is 0 Å². The molecule has 2 fully saturated rings. The standard InChI is InChI=1S/C31H36N2O5/c1-36-27-17-25(18-28(37-2)30(27)38-3)23-11-10-21-14-20(8-9-22(21)16-23)15-29(34)33-13-12-24(19-33)31(35)32-26-6-4-5-7-26/h8-11,14,16-18,24,26H,4-7,12-13,15,19H2,1-3H3,(H,32,35). The molecule has 1 atom stereocenters. The van der Waals surface area contributed by atoms with E-state index in [0.717, 1.165) is 46.7 Å². The quantitative estimate of drug-likeness (QED) is 0.457. The number of methoxy groups -OCH3 is 3. The molecule has 0 bridgehead atoms. The zero-order valence-electron chi connectivity index (χ0n) is 22.4. The number of ether oxygens (including phenoxy) is 3. The van der Waals surface area contributed by atoms with Crippen molar-refractivity contribution in [2.45, 2.75) is 44.6 Å². The molecule has 2 aliphatic rings. The van der Waals surface area contributed by atoms with Gasteiger partial charge in [0.25, 0.3) is 0 Å². The summed E-state index contributed by atoms with van der Waals surface area (Å²) in [5.74, 6) is 1.87. The average Bonchev–Trinajstić information content (AvgIpc) is 3.64. The monoisotopic (exact) mass is 516 g/mol. The fraction of sp³-hybridized carbons (Fsp3) is 0.419. The van der Waals surface area contributed by atoms with Crippen LogP contribution in [0.1, 0.15) is 37.7 Å². The van der Waals surface area contributed by atoms with Gasteiger partial charge in [0, 0.05) is 19.1 Å². The lowest BCUT2D eigenvalue weighted by Crippen LogP contribution is -2.39. The Kier molecular flexibility index (Phi) is 7.72. The number of rotatable bonds is 8. The highest BCUT2D eigenvalue weighted by Gasteiger charge is 2.32. The van der Waals surface area contributed by atoms with Crippen molar-refractivity contribution in [1.29, 1.82) is 0 Å². The molecule has 3 aromatic carbocycles. The van der Waals surface area contributed by atoms with E-state index >= 15 is 0 Å². The van der Waals surface area contributed by atoms with E-state index in [2.05, 4.69) is 35.6 Å². The summed E-state index contributed by atoms with van der Waals surface area (Å²) in [5.41, 5.74) is 2.96. The van der Waals surface area contributed by atoms with Gasteiger partial charge in [-0.2, -0.15) is 0 Å². The molecule has 2 amide bonds. The van der Waals surface area contributed by atoms with Gasteiger partial charge in [0.1, 0.15) is 0 Å². The summed E-state index contributed by atoms with van der Waals surface area (Å²) in [6.07, 6.45) is 5.61. The van der Waals surface area contributed by atoms with E-state index in [4.69, 9.17) is 14.2 Å². The second kappa shape index (κ2) is 11.3. The first kappa shape index (κ1) is 25.9. The molecule has 1 aliphatic heterocycles. The summed E-state index contributed by atoms with van der Waals surface area (Å²) >= 11 is 0. The highest BCUT2D eigenvalue weighted by Crippen LogP contribution is 2.41. The molecule has 1 heterocycles. The molecule has 200 valence electrons. The predicted molar refractivity (Wildman–Crippen MR) is 148 cm³/mol. The third-order valence-corrected chi connectivity index (χ3v) is 7.87. The first-order chi connectivity index (χ1) is 18.5. The number of nitrogens with one attached hydrogen (secondary N) is 1. The Labute approximate surface area is 224 Å². The van der Waals surface area contributed by atoms with Gasteiger partial charge in [-0.3, -0.25) is 9.59 Å². The zero-order valence-corrected chi connectivity index (χ0v) is 22.4. The van der Waals surface area contributed by atoms with Crippen LogP contribution in [-0.2, 0) is 16.0 Å². The number of amides is 2. The highest BCUT2D eigenvalue weighted by atomic mass is 16.5. The minimum atomic E-state index is -0.0928. The Morgan fingerprint density at radius 2 is 1.53 bits per heavy atom. The van der Waals surface area contributed by atoms with Crippen LogP contribution in [0.25, 0.3) is 21.9 Å². The largest absolute Gasteiger partial charge is 0.493 e. The van der Waals surface area contributed by atoms with Gasteiger partial charge in [-0.25, -0.2) is 0 Å². The van der Waals surface area contributed by atoms with Gasteiger partial charge in [0.05, 0.1) is 33.7 Å². The van der Waals surface area contributed by atoms with Gasteiger partial charge >= 0.3 is 0 Å². The van der Waals surface area contributed by atoms with Crippen molar-refractivity contribution in [2.24, 2.45) is 5.92 Å². The third kappa shape index (κ3) is 5.42. The molecule has 38 heavy (non-hydrogen) atoms. The van der Waals surface area contributed by atoms with E-state index < -0.39 is 0 Å². The van der Waals surface area contributed by atoms with E-state index in [9.17, 15) is 9.59 Å². The summed E-state index contributed by atoms with van der Waals surface area (Å²) in [7, 11) is 4.81. The Balaban J connectivity index is 1.26. The van der Waals surface area contributed by atoms with Gasteiger partial charge in [0.2, 0.25) is 17.6 Å². The molecule has 5 rings (SSSR count). The van der Waals surface area contributed by atoms with Crippen LogP contribution in [0.3, 0.4) is 0 Å². The normalized spacial score (nSPS) is 17.6. The van der Waals surface area contributed by atoms with E-state index in [-0.39, 0.29) is 17.7 Å². The summed E-state index contributed by atoms with van der Waals surface area (Å²) in [6, 6.07) is 16.6. The lowest BCUT2D eigenvalue weighted by atomic mass is 9.98. The van der Waals surface area contributed by atoms with Crippen molar-refractivity contribution in [1.82, 2.24) is 10.2 Å². The van der Waals surface area contributed by atoms with Crippen LogP contribution in [0.4, 0.5) is 0 Å². The van der Waals surface area contributed by atoms with Crippen LogP contribution in [0.2, 0.25) is 0 Å². The Morgan fingerprint density at radius 3 is 2.21 bits per heavy atom. The number of likely N-dealkylation sites (tertiary alicyclic amines) is 1. The van der Waals surface area contributed by atoms with Crippen LogP contribution in [0, 0.1) is 5.92 Å². The van der Waals surface area contributed by atoms with Crippen LogP contribution < -0.4 is 19.5 Å². The van der Waals surface area contributed by atoms with Gasteiger partial charge in [-0.1, -0.05) is 43.2 Å².